The molecule has 0 radical (unpaired) electrons. The molecule has 0 amide bonds. The van der Waals surface area contributed by atoms with E-state index in [2.05, 4.69) is 9.59 Å². The number of benzene rings is 1. The normalized spacial score (nSPS) is 12.7. The lowest BCUT2D eigenvalue weighted by Crippen LogP contribution is -2.10. The first-order valence-electron chi connectivity index (χ1n) is 6.38. The number of aliphatic hydroxyl groups excluding tert-OH is 1. The van der Waals surface area contributed by atoms with Crippen LogP contribution in [0.4, 0.5) is 0 Å². The molecule has 4 nitrogen and oxygen atoms in total. The first kappa shape index (κ1) is 14.0. The van der Waals surface area contributed by atoms with Crippen LogP contribution >= 0.6 is 11.5 Å². The molecule has 0 aliphatic heterocycles. The molecule has 0 bridgehead atoms. The van der Waals surface area contributed by atoms with E-state index >= 15 is 0 Å². The predicted octanol–water partition coefficient (Wildman–Crippen LogP) is 2.97. The van der Waals surface area contributed by atoms with E-state index in [1.165, 1.54) is 11.5 Å². The quantitative estimate of drug-likeness (QED) is 0.913. The van der Waals surface area contributed by atoms with Gasteiger partial charge in [-0.05, 0) is 37.9 Å². The second kappa shape index (κ2) is 6.12. The van der Waals surface area contributed by atoms with Gasteiger partial charge in [0, 0.05) is 5.56 Å². The molecule has 0 saturated heterocycles. The first-order valence-corrected chi connectivity index (χ1v) is 7.15. The van der Waals surface area contributed by atoms with Crippen molar-refractivity contribution in [1.29, 1.82) is 0 Å². The molecule has 1 atom stereocenters. The monoisotopic (exact) mass is 278 g/mol. The van der Waals surface area contributed by atoms with Crippen molar-refractivity contribution < 1.29 is 9.84 Å². The van der Waals surface area contributed by atoms with Crippen LogP contribution in [0.5, 0.6) is 5.75 Å². The lowest BCUT2D eigenvalue weighted by atomic mass is 10.1. The summed E-state index contributed by atoms with van der Waals surface area (Å²) in [5, 5.41) is 14.6. The van der Waals surface area contributed by atoms with Gasteiger partial charge in [-0.2, -0.15) is 0 Å². The Kier molecular flexibility index (Phi) is 4.50. The second-order valence-corrected chi connectivity index (χ2v) is 5.33. The molecule has 0 saturated carbocycles. The van der Waals surface area contributed by atoms with Gasteiger partial charge in [-0.1, -0.05) is 29.6 Å². The molecule has 0 aliphatic carbocycles. The van der Waals surface area contributed by atoms with Gasteiger partial charge < -0.3 is 9.84 Å². The highest BCUT2D eigenvalue weighted by Crippen LogP contribution is 2.33. The summed E-state index contributed by atoms with van der Waals surface area (Å²) in [5.41, 5.74) is 1.61. The van der Waals surface area contributed by atoms with Crippen molar-refractivity contribution in [3.05, 3.63) is 40.4 Å². The molecule has 102 valence electrons. The zero-order valence-electron chi connectivity index (χ0n) is 11.3. The maximum absolute atomic E-state index is 10.5. The van der Waals surface area contributed by atoms with Crippen LogP contribution < -0.4 is 4.74 Å². The van der Waals surface area contributed by atoms with Crippen molar-refractivity contribution in [1.82, 2.24) is 9.59 Å². The Morgan fingerprint density at radius 1 is 1.32 bits per heavy atom. The van der Waals surface area contributed by atoms with E-state index in [1.807, 2.05) is 45.0 Å². The van der Waals surface area contributed by atoms with Gasteiger partial charge >= 0.3 is 0 Å². The van der Waals surface area contributed by atoms with Crippen molar-refractivity contribution >= 4 is 11.5 Å². The van der Waals surface area contributed by atoms with Gasteiger partial charge in [0.25, 0.3) is 0 Å². The average Bonchev–Trinajstić information content (AvgIpc) is 2.86. The molecule has 1 unspecified atom stereocenters. The maximum atomic E-state index is 10.5. The van der Waals surface area contributed by atoms with E-state index in [0.29, 0.717) is 5.75 Å². The van der Waals surface area contributed by atoms with Crippen LogP contribution in [0, 0.1) is 0 Å². The SMILES string of the molecule is CCc1nnsc1C(O)c1ccccc1OC(C)C. The highest BCUT2D eigenvalue weighted by Gasteiger charge is 2.21. The molecule has 1 heterocycles. The fraction of sp³-hybridized carbons (Fsp3) is 0.429. The summed E-state index contributed by atoms with van der Waals surface area (Å²) in [4.78, 5) is 0.794. The van der Waals surface area contributed by atoms with E-state index in [9.17, 15) is 5.11 Å². The van der Waals surface area contributed by atoms with E-state index in [-0.39, 0.29) is 6.10 Å². The van der Waals surface area contributed by atoms with E-state index in [4.69, 9.17) is 4.74 Å². The van der Waals surface area contributed by atoms with E-state index < -0.39 is 6.10 Å². The van der Waals surface area contributed by atoms with Gasteiger partial charge in [0.1, 0.15) is 11.9 Å². The van der Waals surface area contributed by atoms with Crippen LogP contribution in [0.2, 0.25) is 0 Å². The number of aliphatic hydroxyl groups is 1. The topological polar surface area (TPSA) is 55.2 Å². The minimum Gasteiger partial charge on any atom is -0.491 e. The summed E-state index contributed by atoms with van der Waals surface area (Å²) >= 11 is 1.24. The summed E-state index contributed by atoms with van der Waals surface area (Å²) in [7, 11) is 0. The third kappa shape index (κ3) is 3.11. The molecule has 1 aromatic heterocycles. The number of hydrogen-bond donors (Lipinski definition) is 1. The molecule has 0 fully saturated rings. The third-order valence-corrected chi connectivity index (χ3v) is 3.56. The molecule has 19 heavy (non-hydrogen) atoms. The van der Waals surface area contributed by atoms with Crippen molar-refractivity contribution in [2.24, 2.45) is 0 Å². The Morgan fingerprint density at radius 3 is 2.74 bits per heavy atom. The highest BCUT2D eigenvalue weighted by molar-refractivity contribution is 7.05. The Hall–Kier alpha value is -1.46. The van der Waals surface area contributed by atoms with Crippen LogP contribution in [0.15, 0.2) is 24.3 Å². The molecule has 1 N–H and O–H groups in total. The Labute approximate surface area is 117 Å². The van der Waals surface area contributed by atoms with Crippen LogP contribution in [0.1, 0.15) is 43.0 Å². The number of aromatic nitrogens is 2. The van der Waals surface area contributed by atoms with Crippen molar-refractivity contribution in [2.45, 2.75) is 39.4 Å². The largest absolute Gasteiger partial charge is 0.491 e. The summed E-state index contributed by atoms with van der Waals surface area (Å²) in [6.07, 6.45) is 0.0966. The standard InChI is InChI=1S/C14H18N2O2S/c1-4-11-14(19-16-15-11)13(17)10-7-5-6-8-12(10)18-9(2)3/h5-9,13,17H,4H2,1-3H3. The molecular formula is C14H18N2O2S. The fourth-order valence-corrected chi connectivity index (χ4v) is 2.62. The number of nitrogens with zero attached hydrogens (tertiary/aromatic N) is 2. The summed E-state index contributed by atoms with van der Waals surface area (Å²) in [6, 6.07) is 7.55. The molecule has 2 aromatic rings. The number of rotatable bonds is 5. The first-order chi connectivity index (χ1) is 9.13. The zero-order chi connectivity index (χ0) is 13.8. The molecular weight excluding hydrogens is 260 g/mol. The third-order valence-electron chi connectivity index (χ3n) is 2.74. The number of hydrogen-bond acceptors (Lipinski definition) is 5. The zero-order valence-corrected chi connectivity index (χ0v) is 12.1. The van der Waals surface area contributed by atoms with Crippen LogP contribution in [-0.4, -0.2) is 20.8 Å². The van der Waals surface area contributed by atoms with Gasteiger partial charge in [0.2, 0.25) is 0 Å². The van der Waals surface area contributed by atoms with Gasteiger partial charge in [0.15, 0.2) is 0 Å². The van der Waals surface area contributed by atoms with Gasteiger partial charge in [-0.3, -0.25) is 0 Å². The Bertz CT molecular complexity index is 540. The molecule has 0 spiro atoms. The number of para-hydroxylation sites is 1. The Morgan fingerprint density at radius 2 is 2.05 bits per heavy atom. The van der Waals surface area contributed by atoms with Crippen molar-refractivity contribution in [3.8, 4) is 5.75 Å². The summed E-state index contributed by atoms with van der Waals surface area (Å²) in [5.74, 6) is 0.709. The van der Waals surface area contributed by atoms with Crippen LogP contribution in [-0.2, 0) is 6.42 Å². The van der Waals surface area contributed by atoms with Crippen molar-refractivity contribution in [2.75, 3.05) is 0 Å². The van der Waals surface area contributed by atoms with Crippen LogP contribution in [0.3, 0.4) is 0 Å². The molecule has 5 heteroatoms. The van der Waals surface area contributed by atoms with Gasteiger partial charge in [-0.25, -0.2) is 0 Å². The molecule has 2 rings (SSSR count). The molecule has 1 aromatic carbocycles. The Balaban J connectivity index is 2.36. The summed E-state index contributed by atoms with van der Waals surface area (Å²) < 4.78 is 9.66. The van der Waals surface area contributed by atoms with E-state index in [1.54, 1.807) is 0 Å². The lowest BCUT2D eigenvalue weighted by molar-refractivity contribution is 0.200. The second-order valence-electron chi connectivity index (χ2n) is 4.54. The van der Waals surface area contributed by atoms with Gasteiger partial charge in [-0.15, -0.1) is 5.10 Å². The van der Waals surface area contributed by atoms with E-state index in [0.717, 1.165) is 22.6 Å². The maximum Gasteiger partial charge on any atom is 0.125 e. The van der Waals surface area contributed by atoms with Crippen molar-refractivity contribution in [3.63, 3.8) is 0 Å². The molecule has 0 aliphatic rings. The lowest BCUT2D eigenvalue weighted by Gasteiger charge is -2.17. The average molecular weight is 278 g/mol. The smallest absolute Gasteiger partial charge is 0.125 e. The van der Waals surface area contributed by atoms with Gasteiger partial charge in [0.05, 0.1) is 16.7 Å². The minimum absolute atomic E-state index is 0.0681. The summed E-state index contributed by atoms with van der Waals surface area (Å²) in [6.45, 7) is 5.94. The fourth-order valence-electron chi connectivity index (χ4n) is 1.88. The number of ether oxygens (including phenoxy) is 1. The highest BCUT2D eigenvalue weighted by atomic mass is 32.1. The minimum atomic E-state index is -0.732. The number of aryl methyl sites for hydroxylation is 1. The van der Waals surface area contributed by atoms with Crippen LogP contribution in [0.25, 0.3) is 0 Å². The predicted molar refractivity (Wildman–Crippen MR) is 75.6 cm³/mol.